The Balaban J connectivity index is 2.76. The van der Waals surface area contributed by atoms with E-state index in [0.29, 0.717) is 13.0 Å². The van der Waals surface area contributed by atoms with E-state index in [2.05, 4.69) is 0 Å². The molecule has 126 valence electrons. The number of benzene rings is 1. The van der Waals surface area contributed by atoms with Crippen molar-refractivity contribution < 1.29 is 19.1 Å². The van der Waals surface area contributed by atoms with Gasteiger partial charge >= 0.3 is 11.9 Å². The molecule has 0 saturated carbocycles. The van der Waals surface area contributed by atoms with Crippen LogP contribution in [0.2, 0.25) is 0 Å². The number of carbonyl (C=O) groups excluding carboxylic acids is 2. The van der Waals surface area contributed by atoms with Gasteiger partial charge in [-0.05, 0) is 38.8 Å². The normalized spacial score (nSPS) is 12.9. The van der Waals surface area contributed by atoms with E-state index in [1.165, 1.54) is 6.08 Å². The van der Waals surface area contributed by atoms with Crippen LogP contribution >= 0.6 is 0 Å². The van der Waals surface area contributed by atoms with E-state index in [1.54, 1.807) is 26.8 Å². The minimum atomic E-state index is -0.873. The highest BCUT2D eigenvalue weighted by molar-refractivity contribution is 5.87. The van der Waals surface area contributed by atoms with Crippen molar-refractivity contribution >= 4 is 18.0 Å². The van der Waals surface area contributed by atoms with Crippen LogP contribution in [0.25, 0.3) is 6.08 Å². The minimum Gasteiger partial charge on any atom is -0.465 e. The fraction of sp³-hybridized carbons (Fsp3) is 0.474. The Morgan fingerprint density at radius 2 is 1.83 bits per heavy atom. The number of carbonyl (C=O) groups is 2. The van der Waals surface area contributed by atoms with Gasteiger partial charge in [0.05, 0.1) is 12.0 Å². The van der Waals surface area contributed by atoms with E-state index >= 15 is 0 Å². The summed E-state index contributed by atoms with van der Waals surface area (Å²) in [6, 6.07) is 9.50. The van der Waals surface area contributed by atoms with Gasteiger partial charge in [0.15, 0.2) is 0 Å². The molecular weight excluding hydrogens is 292 g/mol. The van der Waals surface area contributed by atoms with Gasteiger partial charge in [-0.2, -0.15) is 0 Å². The Hall–Kier alpha value is -2.10. The van der Waals surface area contributed by atoms with Crippen molar-refractivity contribution in [2.45, 2.75) is 46.6 Å². The zero-order chi connectivity index (χ0) is 17.3. The van der Waals surface area contributed by atoms with E-state index in [9.17, 15) is 9.59 Å². The van der Waals surface area contributed by atoms with Crippen molar-refractivity contribution in [1.82, 2.24) is 0 Å². The first-order chi connectivity index (χ1) is 10.9. The predicted octanol–water partition coefficient (Wildman–Crippen LogP) is 4.00. The molecule has 1 rings (SSSR count). The van der Waals surface area contributed by atoms with E-state index in [1.807, 2.05) is 37.3 Å². The molecule has 0 heterocycles. The van der Waals surface area contributed by atoms with Crippen LogP contribution in [-0.4, -0.2) is 24.6 Å². The van der Waals surface area contributed by atoms with Crippen LogP contribution in [0.4, 0.5) is 0 Å². The van der Waals surface area contributed by atoms with Gasteiger partial charge in [-0.25, -0.2) is 4.79 Å². The smallest absolute Gasteiger partial charge is 0.331 e. The third-order valence-corrected chi connectivity index (χ3v) is 3.63. The molecule has 1 unspecified atom stereocenters. The van der Waals surface area contributed by atoms with Gasteiger partial charge in [-0.15, -0.1) is 0 Å². The lowest BCUT2D eigenvalue weighted by Crippen LogP contribution is -2.41. The highest BCUT2D eigenvalue weighted by Crippen LogP contribution is 2.29. The summed E-state index contributed by atoms with van der Waals surface area (Å²) in [5.41, 5.74) is 0.0450. The standard InChI is InChI=1S/C19H26O4/c1-5-10-16(19(3,4)18(21)22-6-2)23-17(20)14-13-15-11-8-7-9-12-15/h7-9,11-14,16H,5-6,10H2,1-4H3. The summed E-state index contributed by atoms with van der Waals surface area (Å²) < 4.78 is 10.6. The first-order valence-electron chi connectivity index (χ1n) is 8.02. The van der Waals surface area contributed by atoms with Crippen molar-refractivity contribution in [2.75, 3.05) is 6.61 Å². The molecule has 4 nitrogen and oxygen atoms in total. The van der Waals surface area contributed by atoms with Crippen molar-refractivity contribution in [3.8, 4) is 0 Å². The van der Waals surface area contributed by atoms with E-state index in [4.69, 9.17) is 9.47 Å². The maximum atomic E-state index is 12.1. The molecule has 0 amide bonds. The van der Waals surface area contributed by atoms with Gasteiger partial charge < -0.3 is 9.47 Å². The van der Waals surface area contributed by atoms with Crippen molar-refractivity contribution in [3.05, 3.63) is 42.0 Å². The third kappa shape index (κ3) is 5.89. The molecule has 0 N–H and O–H groups in total. The van der Waals surface area contributed by atoms with Crippen LogP contribution in [0.3, 0.4) is 0 Å². The number of ether oxygens (including phenoxy) is 2. The molecular formula is C19H26O4. The van der Waals surface area contributed by atoms with Crippen LogP contribution in [0.5, 0.6) is 0 Å². The molecule has 0 saturated heterocycles. The molecule has 1 atom stereocenters. The lowest BCUT2D eigenvalue weighted by molar-refractivity contribution is -0.168. The summed E-state index contributed by atoms with van der Waals surface area (Å²) in [5, 5.41) is 0. The quantitative estimate of drug-likeness (QED) is 0.537. The van der Waals surface area contributed by atoms with Crippen LogP contribution in [0, 0.1) is 5.41 Å². The van der Waals surface area contributed by atoms with Gasteiger partial charge in [0.2, 0.25) is 0 Å². The van der Waals surface area contributed by atoms with E-state index < -0.39 is 17.5 Å². The first kappa shape index (κ1) is 18.9. The average Bonchev–Trinajstić information content (AvgIpc) is 2.53. The Morgan fingerprint density at radius 3 is 2.39 bits per heavy atom. The Labute approximate surface area is 138 Å². The zero-order valence-electron chi connectivity index (χ0n) is 14.4. The van der Waals surface area contributed by atoms with Gasteiger partial charge in [0.1, 0.15) is 6.10 Å². The Morgan fingerprint density at radius 1 is 1.17 bits per heavy atom. The monoisotopic (exact) mass is 318 g/mol. The van der Waals surface area contributed by atoms with Crippen LogP contribution in [0.15, 0.2) is 36.4 Å². The molecule has 0 aliphatic rings. The molecule has 23 heavy (non-hydrogen) atoms. The summed E-state index contributed by atoms with van der Waals surface area (Å²) >= 11 is 0. The molecule has 0 aliphatic carbocycles. The maximum Gasteiger partial charge on any atom is 0.331 e. The SMILES string of the molecule is CCCC(OC(=O)C=Cc1ccccc1)C(C)(C)C(=O)OCC. The lowest BCUT2D eigenvalue weighted by Gasteiger charge is -2.31. The summed E-state index contributed by atoms with van der Waals surface area (Å²) in [6.45, 7) is 7.56. The maximum absolute atomic E-state index is 12.1. The Kier molecular flexibility index (Phi) is 7.52. The number of hydrogen-bond donors (Lipinski definition) is 0. The second kappa shape index (κ2) is 9.13. The van der Waals surface area contributed by atoms with E-state index in [0.717, 1.165) is 12.0 Å². The molecule has 0 aromatic heterocycles. The lowest BCUT2D eigenvalue weighted by atomic mass is 9.84. The average molecular weight is 318 g/mol. The topological polar surface area (TPSA) is 52.6 Å². The molecule has 0 spiro atoms. The first-order valence-corrected chi connectivity index (χ1v) is 8.02. The van der Waals surface area contributed by atoms with E-state index in [-0.39, 0.29) is 5.97 Å². The van der Waals surface area contributed by atoms with Gasteiger partial charge in [0.25, 0.3) is 0 Å². The zero-order valence-corrected chi connectivity index (χ0v) is 14.4. The van der Waals surface area contributed by atoms with Crippen molar-refractivity contribution in [1.29, 1.82) is 0 Å². The third-order valence-electron chi connectivity index (χ3n) is 3.63. The molecule has 4 heteroatoms. The van der Waals surface area contributed by atoms with Crippen LogP contribution in [-0.2, 0) is 19.1 Å². The number of esters is 2. The molecule has 1 aromatic carbocycles. The fourth-order valence-corrected chi connectivity index (χ4v) is 2.19. The summed E-state index contributed by atoms with van der Waals surface area (Å²) in [5.74, 6) is -0.803. The van der Waals surface area contributed by atoms with Crippen molar-refractivity contribution in [3.63, 3.8) is 0 Å². The summed E-state index contributed by atoms with van der Waals surface area (Å²) in [4.78, 5) is 24.2. The van der Waals surface area contributed by atoms with Gasteiger partial charge in [-0.1, -0.05) is 43.7 Å². The van der Waals surface area contributed by atoms with Crippen LogP contribution in [0.1, 0.15) is 46.1 Å². The molecule has 1 aromatic rings. The highest BCUT2D eigenvalue weighted by atomic mass is 16.6. The van der Waals surface area contributed by atoms with Gasteiger partial charge in [-0.3, -0.25) is 4.79 Å². The minimum absolute atomic E-state index is 0.308. The summed E-state index contributed by atoms with van der Waals surface area (Å²) in [7, 11) is 0. The summed E-state index contributed by atoms with van der Waals surface area (Å²) in [6.07, 6.45) is 3.99. The molecule has 0 bridgehead atoms. The molecule has 0 radical (unpaired) electrons. The van der Waals surface area contributed by atoms with Crippen LogP contribution < -0.4 is 0 Å². The second-order valence-corrected chi connectivity index (χ2v) is 5.90. The largest absolute Gasteiger partial charge is 0.465 e. The molecule has 0 aliphatic heterocycles. The van der Waals surface area contributed by atoms with Gasteiger partial charge in [0, 0.05) is 6.08 Å². The fourth-order valence-electron chi connectivity index (χ4n) is 2.19. The predicted molar refractivity (Wildman–Crippen MR) is 90.7 cm³/mol. The molecule has 0 fully saturated rings. The number of rotatable bonds is 8. The highest BCUT2D eigenvalue weighted by Gasteiger charge is 2.40. The Bertz CT molecular complexity index is 532. The second-order valence-electron chi connectivity index (χ2n) is 5.90. The number of hydrogen-bond acceptors (Lipinski definition) is 4. The van der Waals surface area contributed by atoms with Crippen molar-refractivity contribution in [2.24, 2.45) is 5.41 Å².